The van der Waals surface area contributed by atoms with Crippen LogP contribution in [-0.2, 0) is 12.8 Å². The maximum absolute atomic E-state index is 15.4. The number of carbonyl (C=O) groups excluding carboxylic acids is 1. The van der Waals surface area contributed by atoms with Crippen molar-refractivity contribution in [2.24, 2.45) is 0 Å². The number of halogens is 1. The molecule has 2 saturated heterocycles. The van der Waals surface area contributed by atoms with Crippen molar-refractivity contribution < 1.29 is 9.18 Å². The first-order valence-corrected chi connectivity index (χ1v) is 12.9. The molecule has 1 aromatic carbocycles. The molecule has 6 rings (SSSR count). The van der Waals surface area contributed by atoms with Gasteiger partial charge in [-0.15, -0.1) is 11.3 Å². The second kappa shape index (κ2) is 8.47. The van der Waals surface area contributed by atoms with Crippen molar-refractivity contribution in [1.82, 2.24) is 15.6 Å². The molecule has 9 heteroatoms. The van der Waals surface area contributed by atoms with E-state index in [4.69, 9.17) is 5.73 Å². The zero-order valence-corrected chi connectivity index (χ0v) is 20.3. The van der Waals surface area contributed by atoms with Gasteiger partial charge >= 0.3 is 0 Å². The van der Waals surface area contributed by atoms with Crippen molar-refractivity contribution in [3.05, 3.63) is 51.3 Å². The molecule has 2 fully saturated rings. The number of aromatic nitrogens is 1. The van der Waals surface area contributed by atoms with Crippen molar-refractivity contribution in [1.29, 1.82) is 5.26 Å². The molecule has 3 atom stereocenters. The molecular weight excluding hydrogens is 463 g/mol. The van der Waals surface area contributed by atoms with E-state index < -0.39 is 0 Å². The first kappa shape index (κ1) is 22.3. The van der Waals surface area contributed by atoms with Gasteiger partial charge in [0.25, 0.3) is 5.91 Å². The summed E-state index contributed by atoms with van der Waals surface area (Å²) in [6.07, 6.45) is 3.80. The number of nitrogens with two attached hydrogens (primary N) is 1. The number of nitrogens with one attached hydrogen (secondary N) is 2. The van der Waals surface area contributed by atoms with Gasteiger partial charge in [-0.05, 0) is 68.4 Å². The predicted molar refractivity (Wildman–Crippen MR) is 135 cm³/mol. The van der Waals surface area contributed by atoms with Gasteiger partial charge in [0.2, 0.25) is 0 Å². The molecule has 2 aliphatic heterocycles. The van der Waals surface area contributed by atoms with Gasteiger partial charge in [0, 0.05) is 42.3 Å². The monoisotopic (exact) mass is 490 g/mol. The Kier molecular flexibility index (Phi) is 5.38. The molecule has 7 nitrogen and oxygen atoms in total. The van der Waals surface area contributed by atoms with Crippen LogP contribution >= 0.6 is 11.3 Å². The molecule has 35 heavy (non-hydrogen) atoms. The number of benzene rings is 1. The number of pyridine rings is 1. The van der Waals surface area contributed by atoms with Crippen LogP contribution < -0.4 is 21.3 Å². The SMILES string of the molecule is Cc1ccc2c(N)c(C(=O)N[C@H]3CCc4c(C#N)c(N5CC6CCC(C5)N6)cc(F)c4C3)sc2n1. The lowest BCUT2D eigenvalue weighted by Crippen LogP contribution is -2.51. The van der Waals surface area contributed by atoms with Crippen LogP contribution in [0.5, 0.6) is 0 Å². The highest BCUT2D eigenvalue weighted by molar-refractivity contribution is 7.21. The largest absolute Gasteiger partial charge is 0.397 e. The van der Waals surface area contributed by atoms with Crippen molar-refractivity contribution >= 4 is 38.8 Å². The molecule has 1 amide bonds. The second-order valence-electron chi connectivity index (χ2n) is 9.93. The van der Waals surface area contributed by atoms with Crippen LogP contribution in [0.25, 0.3) is 10.2 Å². The van der Waals surface area contributed by atoms with Crippen LogP contribution in [0.2, 0.25) is 0 Å². The number of aryl methyl sites for hydroxylation is 1. The molecular formula is C26H27FN6OS. The number of nitrogen functional groups attached to an aromatic ring is 1. The molecule has 1 aliphatic carbocycles. The number of piperazine rings is 1. The maximum atomic E-state index is 15.4. The Bertz CT molecular complexity index is 1380. The minimum Gasteiger partial charge on any atom is -0.397 e. The van der Waals surface area contributed by atoms with E-state index in [0.29, 0.717) is 58.7 Å². The van der Waals surface area contributed by atoms with Crippen LogP contribution in [0.4, 0.5) is 15.8 Å². The zero-order chi connectivity index (χ0) is 24.3. The van der Waals surface area contributed by atoms with Crippen LogP contribution in [0.15, 0.2) is 18.2 Å². The van der Waals surface area contributed by atoms with Gasteiger partial charge in [0.1, 0.15) is 21.6 Å². The molecule has 2 unspecified atom stereocenters. The average Bonchev–Trinajstić information content (AvgIpc) is 3.36. The third-order valence-corrected chi connectivity index (χ3v) is 8.72. The highest BCUT2D eigenvalue weighted by atomic mass is 32.1. The third-order valence-electron chi connectivity index (χ3n) is 7.61. The lowest BCUT2D eigenvalue weighted by molar-refractivity contribution is 0.0938. The number of thiophene rings is 1. The first-order chi connectivity index (χ1) is 16.9. The van der Waals surface area contributed by atoms with Crippen molar-refractivity contribution in [3.63, 3.8) is 0 Å². The highest BCUT2D eigenvalue weighted by Crippen LogP contribution is 2.37. The Labute approximate surface area is 207 Å². The molecule has 0 saturated carbocycles. The summed E-state index contributed by atoms with van der Waals surface area (Å²) in [7, 11) is 0. The average molecular weight is 491 g/mol. The number of fused-ring (bicyclic) bond motifs is 4. The minimum atomic E-state index is -0.292. The topological polar surface area (TPSA) is 107 Å². The van der Waals surface area contributed by atoms with E-state index in [0.717, 1.165) is 47.4 Å². The summed E-state index contributed by atoms with van der Waals surface area (Å²) in [5, 5.41) is 17.4. The zero-order valence-electron chi connectivity index (χ0n) is 19.5. The summed E-state index contributed by atoms with van der Waals surface area (Å²) >= 11 is 1.28. The van der Waals surface area contributed by atoms with E-state index in [2.05, 4.69) is 26.6 Å². The Morgan fingerprint density at radius 2 is 2.06 bits per heavy atom. The van der Waals surface area contributed by atoms with E-state index in [1.807, 2.05) is 19.1 Å². The number of anilines is 2. The Hall–Kier alpha value is -3.22. The maximum Gasteiger partial charge on any atom is 0.263 e. The summed E-state index contributed by atoms with van der Waals surface area (Å²) in [5.74, 6) is -0.551. The summed E-state index contributed by atoms with van der Waals surface area (Å²) < 4.78 is 15.4. The Morgan fingerprint density at radius 1 is 1.29 bits per heavy atom. The number of nitriles is 1. The van der Waals surface area contributed by atoms with E-state index in [9.17, 15) is 10.1 Å². The number of amides is 1. The van der Waals surface area contributed by atoms with Gasteiger partial charge in [-0.2, -0.15) is 5.26 Å². The van der Waals surface area contributed by atoms with Gasteiger partial charge in [-0.25, -0.2) is 9.37 Å². The third kappa shape index (κ3) is 3.81. The van der Waals surface area contributed by atoms with Crippen LogP contribution in [0, 0.1) is 24.1 Å². The van der Waals surface area contributed by atoms with E-state index in [1.54, 1.807) is 0 Å². The van der Waals surface area contributed by atoms with Crippen LogP contribution in [0.1, 0.15) is 51.3 Å². The number of carbonyl (C=O) groups is 1. The van der Waals surface area contributed by atoms with Crippen molar-refractivity contribution in [2.75, 3.05) is 23.7 Å². The Morgan fingerprint density at radius 3 is 2.80 bits per heavy atom. The summed E-state index contributed by atoms with van der Waals surface area (Å²) in [6.45, 7) is 3.50. The second-order valence-corrected chi connectivity index (χ2v) is 10.9. The minimum absolute atomic E-state index is 0.226. The van der Waals surface area contributed by atoms with Crippen molar-refractivity contribution in [3.8, 4) is 6.07 Å². The number of hydrogen-bond donors (Lipinski definition) is 3. The lowest BCUT2D eigenvalue weighted by Gasteiger charge is -2.36. The summed E-state index contributed by atoms with van der Waals surface area (Å²) in [4.78, 5) is 20.9. The fraction of sp³-hybridized carbons (Fsp3) is 0.423. The van der Waals surface area contributed by atoms with E-state index in [-0.39, 0.29) is 17.8 Å². The molecule has 3 aliphatic rings. The smallest absolute Gasteiger partial charge is 0.263 e. The van der Waals surface area contributed by atoms with E-state index in [1.165, 1.54) is 17.4 Å². The van der Waals surface area contributed by atoms with Gasteiger partial charge in [0.15, 0.2) is 0 Å². The fourth-order valence-electron chi connectivity index (χ4n) is 5.89. The normalized spacial score (nSPS) is 23.2. The number of nitrogens with zero attached hydrogens (tertiary/aromatic N) is 3. The molecule has 0 radical (unpaired) electrons. The molecule has 180 valence electrons. The highest BCUT2D eigenvalue weighted by Gasteiger charge is 2.35. The molecule has 2 aromatic heterocycles. The fourth-order valence-corrected chi connectivity index (χ4v) is 6.94. The van der Waals surface area contributed by atoms with Crippen LogP contribution in [-0.4, -0.2) is 42.1 Å². The quantitative estimate of drug-likeness (QED) is 0.519. The Balaban J connectivity index is 1.24. The van der Waals surface area contributed by atoms with Crippen LogP contribution in [0.3, 0.4) is 0 Å². The molecule has 4 N–H and O–H groups in total. The lowest BCUT2D eigenvalue weighted by atomic mass is 9.84. The van der Waals surface area contributed by atoms with Gasteiger partial charge < -0.3 is 21.3 Å². The molecule has 2 bridgehead atoms. The summed E-state index contributed by atoms with van der Waals surface area (Å²) in [5.41, 5.74) is 10.2. The molecule has 4 heterocycles. The predicted octanol–water partition coefficient (Wildman–Crippen LogP) is 3.43. The van der Waals surface area contributed by atoms with Crippen molar-refractivity contribution in [2.45, 2.75) is 57.2 Å². The standard InChI is InChI=1S/C26H27FN6OS/c1-13-2-6-18-23(29)24(35-26(18)30-13)25(34)32-14-5-7-17-19(8-14)21(27)9-22(20(17)10-28)33-11-15-3-4-16(12-33)31-15/h2,6,9,14-16,31H,3-5,7-8,11-12,29H2,1H3,(H,32,34)/t14-,15?,16?/m0/s1. The first-order valence-electron chi connectivity index (χ1n) is 12.1. The number of rotatable bonds is 3. The van der Waals surface area contributed by atoms with Gasteiger partial charge in [-0.1, -0.05) is 0 Å². The molecule has 0 spiro atoms. The molecule has 3 aromatic rings. The van der Waals surface area contributed by atoms with E-state index >= 15 is 4.39 Å². The number of hydrogen-bond acceptors (Lipinski definition) is 7. The summed E-state index contributed by atoms with van der Waals surface area (Å²) in [6, 6.07) is 8.24. The van der Waals surface area contributed by atoms with Gasteiger partial charge in [-0.3, -0.25) is 4.79 Å². The van der Waals surface area contributed by atoms with Gasteiger partial charge in [0.05, 0.1) is 16.9 Å².